The summed E-state index contributed by atoms with van der Waals surface area (Å²) in [7, 11) is 0. The Bertz CT molecular complexity index is 1070. The molecule has 0 aromatic heterocycles. The summed E-state index contributed by atoms with van der Waals surface area (Å²) >= 11 is 11.5. The Morgan fingerprint density at radius 1 is 0.971 bits per heavy atom. The first-order chi connectivity index (χ1) is 16.6. The number of allylic oxidation sites excluding steroid dienone is 1. The van der Waals surface area contributed by atoms with E-state index in [0.717, 1.165) is 36.3 Å². The average Bonchev–Trinajstić information content (AvgIpc) is 2.84. The summed E-state index contributed by atoms with van der Waals surface area (Å²) in [6, 6.07) is 18.5. The summed E-state index contributed by atoms with van der Waals surface area (Å²) in [5.74, 6) is -3.11. The largest absolute Gasteiger partial charge is 0.480 e. The molecule has 2 N–H and O–H groups in total. The number of unbranched alkanes of at least 4 members (excludes halogenated alkanes) is 2. The molecule has 2 aromatic rings. The second-order valence-electron chi connectivity index (χ2n) is 8.15. The van der Waals surface area contributed by atoms with Gasteiger partial charge >= 0.3 is 11.9 Å². The van der Waals surface area contributed by atoms with E-state index < -0.39 is 23.3 Å². The second-order valence-corrected chi connectivity index (χ2v) is 9.02. The molecule has 0 saturated carbocycles. The minimum absolute atomic E-state index is 0.203. The topological polar surface area (TPSA) is 122 Å². The summed E-state index contributed by atoms with van der Waals surface area (Å²) in [6.07, 6.45) is 7.66. The van der Waals surface area contributed by atoms with Crippen molar-refractivity contribution in [3.63, 3.8) is 0 Å². The zero-order chi connectivity index (χ0) is 26.3. The first kappa shape index (κ1) is 29.7. The SMILES string of the molecule is CC(C#N)(CCCCCc1ccc(Cl)cc1)C(=O)O.N#CC(CC=Cc1ccc(Cl)cc1)C(=O)O. The summed E-state index contributed by atoms with van der Waals surface area (Å²) in [6.45, 7) is 1.48. The molecule has 35 heavy (non-hydrogen) atoms. The van der Waals surface area contributed by atoms with Crippen LogP contribution in [0, 0.1) is 34.0 Å². The van der Waals surface area contributed by atoms with Gasteiger partial charge in [-0.1, -0.05) is 72.5 Å². The molecule has 0 aliphatic rings. The third kappa shape index (κ3) is 11.6. The Morgan fingerprint density at radius 3 is 2.03 bits per heavy atom. The Labute approximate surface area is 216 Å². The highest BCUT2D eigenvalue weighted by Crippen LogP contribution is 2.24. The number of aryl methyl sites for hydroxylation is 1. The maximum atomic E-state index is 10.9. The summed E-state index contributed by atoms with van der Waals surface area (Å²) in [4.78, 5) is 21.5. The van der Waals surface area contributed by atoms with Gasteiger partial charge in [-0.05, 0) is 68.0 Å². The van der Waals surface area contributed by atoms with E-state index in [4.69, 9.17) is 43.9 Å². The van der Waals surface area contributed by atoms with Crippen LogP contribution in [0.3, 0.4) is 0 Å². The molecule has 0 aliphatic carbocycles. The number of rotatable bonds is 11. The van der Waals surface area contributed by atoms with E-state index >= 15 is 0 Å². The van der Waals surface area contributed by atoms with E-state index in [9.17, 15) is 9.59 Å². The van der Waals surface area contributed by atoms with Gasteiger partial charge in [0, 0.05) is 10.0 Å². The third-order valence-electron chi connectivity index (χ3n) is 5.28. The minimum atomic E-state index is -1.25. The lowest BCUT2D eigenvalue weighted by molar-refractivity contribution is -0.145. The van der Waals surface area contributed by atoms with Crippen molar-refractivity contribution in [1.29, 1.82) is 10.5 Å². The molecule has 184 valence electrons. The predicted molar refractivity (Wildman–Crippen MR) is 137 cm³/mol. The average molecular weight is 515 g/mol. The predicted octanol–water partition coefficient (Wildman–Crippen LogP) is 7.03. The molecule has 2 atom stereocenters. The number of hydrogen-bond donors (Lipinski definition) is 2. The standard InChI is InChI=1S/C15H18ClNO2.C12H10ClNO2/c1-15(11-17,14(18)19)10-4-2-3-5-12-6-8-13(16)9-7-12;13-11-6-4-9(5-7-11)2-1-3-10(8-14)12(15)16/h6-9H,2-5,10H2,1H3,(H,18,19);1-2,4-7,10H,3H2,(H,15,16). The van der Waals surface area contributed by atoms with Crippen molar-refractivity contribution in [2.24, 2.45) is 11.3 Å². The van der Waals surface area contributed by atoms with Crippen LogP contribution < -0.4 is 0 Å². The molecule has 0 amide bonds. The van der Waals surface area contributed by atoms with Crippen molar-refractivity contribution in [2.75, 3.05) is 0 Å². The Morgan fingerprint density at radius 2 is 1.54 bits per heavy atom. The van der Waals surface area contributed by atoms with E-state index in [1.54, 1.807) is 30.4 Å². The maximum absolute atomic E-state index is 10.9. The first-order valence-electron chi connectivity index (χ1n) is 11.0. The number of carboxylic acid groups (broad SMARTS) is 2. The number of halogens is 2. The van der Waals surface area contributed by atoms with Crippen molar-refractivity contribution in [3.8, 4) is 12.1 Å². The van der Waals surface area contributed by atoms with E-state index in [1.165, 1.54) is 12.5 Å². The van der Waals surface area contributed by atoms with Crippen LogP contribution in [0.1, 0.15) is 50.2 Å². The van der Waals surface area contributed by atoms with Crippen molar-refractivity contribution in [1.82, 2.24) is 0 Å². The molecule has 6 nitrogen and oxygen atoms in total. The molecule has 0 fully saturated rings. The van der Waals surface area contributed by atoms with E-state index in [1.807, 2.05) is 42.5 Å². The lowest BCUT2D eigenvalue weighted by Gasteiger charge is -2.15. The maximum Gasteiger partial charge on any atom is 0.323 e. The zero-order valence-electron chi connectivity index (χ0n) is 19.5. The Hall–Kier alpha value is -3.32. The fourth-order valence-electron chi connectivity index (χ4n) is 2.97. The minimum Gasteiger partial charge on any atom is -0.480 e. The lowest BCUT2D eigenvalue weighted by Crippen LogP contribution is -2.25. The highest BCUT2D eigenvalue weighted by molar-refractivity contribution is 6.30. The molecule has 0 bridgehead atoms. The van der Waals surface area contributed by atoms with Crippen LogP contribution in [-0.2, 0) is 16.0 Å². The number of carbonyl (C=O) groups is 2. The lowest BCUT2D eigenvalue weighted by atomic mass is 9.86. The molecular formula is C27H28Cl2N2O4. The highest BCUT2D eigenvalue weighted by atomic mass is 35.5. The number of carboxylic acids is 2. The van der Waals surface area contributed by atoms with Gasteiger partial charge in [-0.2, -0.15) is 10.5 Å². The molecule has 2 unspecified atom stereocenters. The second kappa shape index (κ2) is 15.6. The van der Waals surface area contributed by atoms with E-state index in [0.29, 0.717) is 11.4 Å². The van der Waals surface area contributed by atoms with Crippen LogP contribution in [0.15, 0.2) is 54.6 Å². The van der Waals surface area contributed by atoms with Crippen molar-refractivity contribution >= 4 is 41.2 Å². The van der Waals surface area contributed by atoms with Crippen LogP contribution in [0.25, 0.3) is 6.08 Å². The summed E-state index contributed by atoms with van der Waals surface area (Å²) in [5, 5.41) is 36.4. The van der Waals surface area contributed by atoms with Gasteiger partial charge in [0.25, 0.3) is 0 Å². The van der Waals surface area contributed by atoms with Crippen LogP contribution in [0.5, 0.6) is 0 Å². The number of aliphatic carboxylic acids is 2. The van der Waals surface area contributed by atoms with E-state index in [-0.39, 0.29) is 6.42 Å². The fraction of sp³-hybridized carbons (Fsp3) is 0.333. The molecule has 8 heteroatoms. The van der Waals surface area contributed by atoms with Gasteiger partial charge in [0.15, 0.2) is 5.41 Å². The third-order valence-corrected chi connectivity index (χ3v) is 5.78. The Balaban J connectivity index is 0.000000355. The van der Waals surface area contributed by atoms with Gasteiger partial charge in [-0.15, -0.1) is 0 Å². The highest BCUT2D eigenvalue weighted by Gasteiger charge is 2.32. The first-order valence-corrected chi connectivity index (χ1v) is 11.8. The number of nitrogens with zero attached hydrogens (tertiary/aromatic N) is 2. The van der Waals surface area contributed by atoms with E-state index in [2.05, 4.69) is 0 Å². The van der Waals surface area contributed by atoms with Crippen molar-refractivity contribution < 1.29 is 19.8 Å². The molecule has 0 heterocycles. The van der Waals surface area contributed by atoms with Crippen LogP contribution >= 0.6 is 23.2 Å². The Kier molecular flexibility index (Phi) is 13.2. The van der Waals surface area contributed by atoms with Gasteiger partial charge in [0.2, 0.25) is 0 Å². The van der Waals surface area contributed by atoms with Crippen molar-refractivity contribution in [3.05, 3.63) is 75.8 Å². The molecule has 2 aromatic carbocycles. The van der Waals surface area contributed by atoms with Crippen LogP contribution in [0.2, 0.25) is 10.0 Å². The van der Waals surface area contributed by atoms with Crippen LogP contribution in [-0.4, -0.2) is 22.2 Å². The smallest absolute Gasteiger partial charge is 0.323 e. The van der Waals surface area contributed by atoms with Crippen molar-refractivity contribution in [2.45, 2.75) is 45.4 Å². The normalized spacial score (nSPS) is 12.9. The van der Waals surface area contributed by atoms with Gasteiger partial charge in [-0.25, -0.2) is 0 Å². The summed E-state index contributed by atoms with van der Waals surface area (Å²) < 4.78 is 0. The molecule has 0 saturated heterocycles. The quantitative estimate of drug-likeness (QED) is 0.310. The number of hydrogen-bond acceptors (Lipinski definition) is 4. The summed E-state index contributed by atoms with van der Waals surface area (Å²) in [5.41, 5.74) is 0.900. The van der Waals surface area contributed by atoms with Crippen LogP contribution in [0.4, 0.5) is 0 Å². The molecule has 2 rings (SSSR count). The number of nitriles is 2. The van der Waals surface area contributed by atoms with Gasteiger partial charge in [0.05, 0.1) is 12.1 Å². The zero-order valence-corrected chi connectivity index (χ0v) is 21.0. The van der Waals surface area contributed by atoms with Gasteiger partial charge in [-0.3, -0.25) is 9.59 Å². The van der Waals surface area contributed by atoms with Gasteiger partial charge in [0.1, 0.15) is 5.92 Å². The molecule has 0 spiro atoms. The molecule has 0 aliphatic heterocycles. The number of benzene rings is 2. The monoisotopic (exact) mass is 514 g/mol. The molecular weight excluding hydrogens is 487 g/mol. The molecule has 0 radical (unpaired) electrons. The fourth-order valence-corrected chi connectivity index (χ4v) is 3.22. The van der Waals surface area contributed by atoms with Gasteiger partial charge < -0.3 is 10.2 Å².